The van der Waals surface area contributed by atoms with E-state index in [2.05, 4.69) is 0 Å². The summed E-state index contributed by atoms with van der Waals surface area (Å²) < 4.78 is 0. The van der Waals surface area contributed by atoms with E-state index in [0.717, 1.165) is 32.3 Å². The van der Waals surface area contributed by atoms with Crippen molar-refractivity contribution in [2.45, 2.75) is 0 Å². The van der Waals surface area contributed by atoms with Gasteiger partial charge in [-0.25, -0.2) is 0 Å². The average molecular weight is 290 g/mol. The van der Waals surface area contributed by atoms with Crippen LogP contribution < -0.4 is 11.5 Å². The van der Waals surface area contributed by atoms with Gasteiger partial charge in [0.25, 0.3) is 0 Å². The van der Waals surface area contributed by atoms with Crippen LogP contribution in [0.25, 0.3) is 32.3 Å². The average Bonchev–Trinajstić information content (AvgIpc) is 2.51. The molecule has 0 fully saturated rings. The Hall–Kier alpha value is -3.14. The molecule has 0 saturated heterocycles. The molecular weight excluding hydrogens is 276 g/mol. The first-order valence-corrected chi connectivity index (χ1v) is 6.91. The maximum absolute atomic E-state index is 9.96. The third kappa shape index (κ3) is 1.58. The van der Waals surface area contributed by atoms with Crippen LogP contribution in [-0.4, -0.2) is 10.2 Å². The molecule has 4 aromatic rings. The van der Waals surface area contributed by atoms with E-state index < -0.39 is 0 Å². The Kier molecular flexibility index (Phi) is 2.39. The number of benzene rings is 4. The number of phenolic OH excluding ortho intramolecular Hbond substituents is 2. The van der Waals surface area contributed by atoms with Crippen LogP contribution >= 0.6 is 0 Å². The standard InChI is InChI=1S/C18H14N2O2/c19-15-5-11-12-6-16(20)18(22)8-14(12)10-4-2-1-3-9(10)13(11)7-17(15)21/h1-8,21-22H,19-20H2. The van der Waals surface area contributed by atoms with Crippen molar-refractivity contribution < 1.29 is 10.2 Å². The maximum atomic E-state index is 9.96. The summed E-state index contributed by atoms with van der Waals surface area (Å²) in [6.45, 7) is 0. The summed E-state index contributed by atoms with van der Waals surface area (Å²) in [6.07, 6.45) is 0. The molecule has 4 rings (SSSR count). The van der Waals surface area contributed by atoms with Gasteiger partial charge in [-0.2, -0.15) is 0 Å². The van der Waals surface area contributed by atoms with Gasteiger partial charge in [-0.15, -0.1) is 0 Å². The lowest BCUT2D eigenvalue weighted by Crippen LogP contribution is -1.91. The predicted octanol–water partition coefficient (Wildman–Crippen LogP) is 3.72. The van der Waals surface area contributed by atoms with Crippen molar-refractivity contribution in [3.63, 3.8) is 0 Å². The fourth-order valence-corrected chi connectivity index (χ4v) is 3.05. The summed E-state index contributed by atoms with van der Waals surface area (Å²) in [5, 5.41) is 25.5. The molecule has 4 heteroatoms. The summed E-state index contributed by atoms with van der Waals surface area (Å²) in [5.41, 5.74) is 12.3. The highest BCUT2D eigenvalue weighted by Crippen LogP contribution is 2.41. The van der Waals surface area contributed by atoms with E-state index in [4.69, 9.17) is 11.5 Å². The zero-order valence-corrected chi connectivity index (χ0v) is 11.7. The fraction of sp³-hybridized carbons (Fsp3) is 0. The zero-order chi connectivity index (χ0) is 15.4. The van der Waals surface area contributed by atoms with Crippen LogP contribution in [0.2, 0.25) is 0 Å². The molecule has 6 N–H and O–H groups in total. The molecule has 0 unspecified atom stereocenters. The van der Waals surface area contributed by atoms with Crippen molar-refractivity contribution in [2.24, 2.45) is 0 Å². The fourth-order valence-electron chi connectivity index (χ4n) is 3.05. The highest BCUT2D eigenvalue weighted by atomic mass is 16.3. The number of nitrogens with two attached hydrogens (primary N) is 2. The molecule has 22 heavy (non-hydrogen) atoms. The molecule has 0 aliphatic carbocycles. The van der Waals surface area contributed by atoms with Crippen molar-refractivity contribution in [3.05, 3.63) is 48.5 Å². The number of phenols is 2. The largest absolute Gasteiger partial charge is 0.506 e. The molecule has 0 heterocycles. The lowest BCUT2D eigenvalue weighted by atomic mass is 9.93. The second-order valence-corrected chi connectivity index (χ2v) is 5.46. The second-order valence-electron chi connectivity index (χ2n) is 5.46. The Labute approximate surface area is 126 Å². The molecular formula is C18H14N2O2. The van der Waals surface area contributed by atoms with Gasteiger partial charge in [0, 0.05) is 0 Å². The van der Waals surface area contributed by atoms with Gasteiger partial charge >= 0.3 is 0 Å². The highest BCUT2D eigenvalue weighted by Gasteiger charge is 2.12. The minimum absolute atomic E-state index is 0.0590. The van der Waals surface area contributed by atoms with E-state index in [9.17, 15) is 10.2 Å². The Morgan fingerprint density at radius 3 is 1.32 bits per heavy atom. The van der Waals surface area contributed by atoms with Gasteiger partial charge in [-0.1, -0.05) is 24.3 Å². The molecule has 4 aromatic carbocycles. The van der Waals surface area contributed by atoms with Crippen LogP contribution in [0.4, 0.5) is 11.4 Å². The number of aromatic hydroxyl groups is 2. The molecule has 0 aromatic heterocycles. The Morgan fingerprint density at radius 1 is 0.545 bits per heavy atom. The number of hydrogen-bond acceptors (Lipinski definition) is 4. The van der Waals surface area contributed by atoms with Gasteiger partial charge in [0.05, 0.1) is 11.4 Å². The number of anilines is 2. The molecule has 0 spiro atoms. The number of fused-ring (bicyclic) bond motifs is 6. The van der Waals surface area contributed by atoms with E-state index in [1.165, 1.54) is 0 Å². The first-order chi connectivity index (χ1) is 10.6. The van der Waals surface area contributed by atoms with Crippen molar-refractivity contribution in [1.82, 2.24) is 0 Å². The van der Waals surface area contributed by atoms with Gasteiger partial charge in [0.2, 0.25) is 0 Å². The predicted molar refractivity (Wildman–Crippen MR) is 91.1 cm³/mol. The van der Waals surface area contributed by atoms with Crippen molar-refractivity contribution in [1.29, 1.82) is 0 Å². The van der Waals surface area contributed by atoms with E-state index in [-0.39, 0.29) is 11.5 Å². The first kappa shape index (κ1) is 12.6. The van der Waals surface area contributed by atoms with E-state index in [1.807, 2.05) is 24.3 Å². The third-order valence-corrected chi connectivity index (χ3v) is 4.13. The van der Waals surface area contributed by atoms with Crippen LogP contribution in [0.1, 0.15) is 0 Å². The summed E-state index contributed by atoms with van der Waals surface area (Å²) in [4.78, 5) is 0. The first-order valence-electron chi connectivity index (χ1n) is 6.91. The van der Waals surface area contributed by atoms with Crippen molar-refractivity contribution >= 4 is 43.7 Å². The zero-order valence-electron chi connectivity index (χ0n) is 11.7. The van der Waals surface area contributed by atoms with Crippen LogP contribution in [0.3, 0.4) is 0 Å². The molecule has 0 radical (unpaired) electrons. The quantitative estimate of drug-likeness (QED) is 0.225. The summed E-state index contributed by atoms with van der Waals surface area (Å²) in [6, 6.07) is 14.7. The number of rotatable bonds is 0. The monoisotopic (exact) mass is 290 g/mol. The Morgan fingerprint density at radius 2 is 0.909 bits per heavy atom. The summed E-state index contributed by atoms with van der Waals surface area (Å²) in [7, 11) is 0. The highest BCUT2D eigenvalue weighted by molar-refractivity contribution is 6.26. The number of hydrogen-bond donors (Lipinski definition) is 4. The molecule has 0 saturated carbocycles. The van der Waals surface area contributed by atoms with E-state index in [1.54, 1.807) is 24.3 Å². The minimum atomic E-state index is 0.0590. The molecule has 0 amide bonds. The van der Waals surface area contributed by atoms with Crippen molar-refractivity contribution in [2.75, 3.05) is 11.5 Å². The number of nitrogen functional groups attached to an aromatic ring is 2. The Balaban J connectivity index is 2.40. The lowest BCUT2D eigenvalue weighted by molar-refractivity contribution is 0.478. The summed E-state index contributed by atoms with van der Waals surface area (Å²) in [5.74, 6) is 0.118. The molecule has 0 aliphatic heterocycles. The van der Waals surface area contributed by atoms with Crippen LogP contribution in [-0.2, 0) is 0 Å². The lowest BCUT2D eigenvalue weighted by Gasteiger charge is -2.13. The van der Waals surface area contributed by atoms with Gasteiger partial charge in [-0.05, 0) is 56.6 Å². The molecule has 0 atom stereocenters. The van der Waals surface area contributed by atoms with Crippen LogP contribution in [0, 0.1) is 0 Å². The van der Waals surface area contributed by atoms with Gasteiger partial charge < -0.3 is 21.7 Å². The van der Waals surface area contributed by atoms with E-state index >= 15 is 0 Å². The smallest absolute Gasteiger partial charge is 0.139 e. The van der Waals surface area contributed by atoms with Crippen molar-refractivity contribution in [3.8, 4) is 11.5 Å². The topological polar surface area (TPSA) is 92.5 Å². The van der Waals surface area contributed by atoms with E-state index in [0.29, 0.717) is 11.4 Å². The van der Waals surface area contributed by atoms with Gasteiger partial charge in [0.15, 0.2) is 0 Å². The molecule has 4 nitrogen and oxygen atoms in total. The third-order valence-electron chi connectivity index (χ3n) is 4.13. The minimum Gasteiger partial charge on any atom is -0.506 e. The van der Waals surface area contributed by atoms with Gasteiger partial charge in [0.1, 0.15) is 11.5 Å². The Bertz CT molecular complexity index is 985. The molecule has 0 bridgehead atoms. The normalized spacial score (nSPS) is 11.5. The van der Waals surface area contributed by atoms with Crippen LogP contribution in [0.5, 0.6) is 11.5 Å². The SMILES string of the molecule is Nc1cc2c3cc(N)c(O)cc3c3ccccc3c2cc1O. The summed E-state index contributed by atoms with van der Waals surface area (Å²) >= 11 is 0. The molecule has 0 aliphatic rings. The van der Waals surface area contributed by atoms with Crippen LogP contribution in [0.15, 0.2) is 48.5 Å². The maximum Gasteiger partial charge on any atom is 0.139 e. The van der Waals surface area contributed by atoms with Gasteiger partial charge in [-0.3, -0.25) is 0 Å². The molecule has 108 valence electrons. The second kappa shape index (κ2) is 4.18.